The molecule has 6 heteroatoms. The summed E-state index contributed by atoms with van der Waals surface area (Å²) in [4.78, 5) is 17.9. The molecule has 1 saturated carbocycles. The topological polar surface area (TPSA) is 48.7 Å². The molecule has 5 nitrogen and oxygen atoms in total. The summed E-state index contributed by atoms with van der Waals surface area (Å²) < 4.78 is 2.45. The predicted octanol–water partition coefficient (Wildman–Crippen LogP) is 5.49. The Bertz CT molecular complexity index is 1120. The van der Waals surface area contributed by atoms with Crippen LogP contribution in [0.1, 0.15) is 59.5 Å². The van der Waals surface area contributed by atoms with Gasteiger partial charge in [0.25, 0.3) is 0 Å². The number of hydrogen-bond acceptors (Lipinski definition) is 4. The molecule has 3 aromatic rings. The number of carbonyl (C=O) groups is 1. The highest BCUT2D eigenvalue weighted by Crippen LogP contribution is 2.47. The predicted molar refractivity (Wildman–Crippen MR) is 132 cm³/mol. The van der Waals surface area contributed by atoms with Crippen LogP contribution in [0.3, 0.4) is 0 Å². The highest BCUT2D eigenvalue weighted by Gasteiger charge is 2.30. The minimum atomic E-state index is -0.850. The lowest BCUT2D eigenvalue weighted by atomic mass is 9.82. The Morgan fingerprint density at radius 3 is 2.72 bits per heavy atom. The summed E-state index contributed by atoms with van der Waals surface area (Å²) in [6.45, 7) is 4.92. The first kappa shape index (κ1) is 21.7. The van der Waals surface area contributed by atoms with Crippen LogP contribution < -0.4 is 0 Å². The quantitative estimate of drug-likeness (QED) is 0.557. The van der Waals surface area contributed by atoms with E-state index in [0.717, 1.165) is 38.2 Å². The van der Waals surface area contributed by atoms with E-state index in [1.807, 2.05) is 17.4 Å². The Balaban J connectivity index is 1.68. The molecule has 1 fully saturated rings. The third kappa shape index (κ3) is 4.00. The third-order valence-corrected chi connectivity index (χ3v) is 8.19. The molecule has 0 bridgehead atoms. The van der Waals surface area contributed by atoms with Crippen molar-refractivity contribution in [1.29, 1.82) is 0 Å². The molecule has 5 rings (SSSR count). The number of hydrogen-bond donors (Lipinski definition) is 1. The molecule has 1 aliphatic heterocycles. The summed E-state index contributed by atoms with van der Waals surface area (Å²) in [6.07, 6.45) is 6.39. The number of carboxylic acid groups (broad SMARTS) is 1. The van der Waals surface area contributed by atoms with Crippen molar-refractivity contribution in [3.63, 3.8) is 0 Å². The maximum Gasteiger partial charge on any atom is 0.335 e. The maximum atomic E-state index is 11.8. The molecule has 0 atom stereocenters. The Kier molecular flexibility index (Phi) is 6.10. The average Bonchev–Trinajstić information content (AvgIpc) is 3.35. The number of aromatic nitrogens is 1. The summed E-state index contributed by atoms with van der Waals surface area (Å²) in [5.41, 5.74) is 5.72. The van der Waals surface area contributed by atoms with E-state index in [9.17, 15) is 9.90 Å². The van der Waals surface area contributed by atoms with Gasteiger partial charge in [-0.05, 0) is 67.6 Å². The van der Waals surface area contributed by atoms with E-state index < -0.39 is 5.97 Å². The first-order valence-corrected chi connectivity index (χ1v) is 12.7. The van der Waals surface area contributed by atoms with Gasteiger partial charge in [-0.15, -0.1) is 11.3 Å². The van der Waals surface area contributed by atoms with Gasteiger partial charge in [-0.1, -0.05) is 25.3 Å². The van der Waals surface area contributed by atoms with Gasteiger partial charge in [-0.2, -0.15) is 0 Å². The van der Waals surface area contributed by atoms with Crippen molar-refractivity contribution in [2.75, 3.05) is 33.7 Å². The Morgan fingerprint density at radius 2 is 1.97 bits per heavy atom. The summed E-state index contributed by atoms with van der Waals surface area (Å²) >= 11 is 1.85. The fourth-order valence-electron chi connectivity index (χ4n) is 5.55. The Morgan fingerprint density at radius 1 is 1.16 bits per heavy atom. The van der Waals surface area contributed by atoms with Gasteiger partial charge in [0, 0.05) is 43.6 Å². The van der Waals surface area contributed by atoms with Crippen LogP contribution in [-0.2, 0) is 13.1 Å². The molecule has 0 spiro atoms. The molecule has 2 aliphatic rings. The van der Waals surface area contributed by atoms with Crippen molar-refractivity contribution in [3.8, 4) is 10.6 Å². The lowest BCUT2D eigenvalue weighted by Gasteiger charge is -2.29. The molecule has 1 N–H and O–H groups in total. The van der Waals surface area contributed by atoms with Gasteiger partial charge in [0.15, 0.2) is 0 Å². The zero-order valence-corrected chi connectivity index (χ0v) is 20.0. The van der Waals surface area contributed by atoms with Crippen molar-refractivity contribution in [3.05, 3.63) is 46.3 Å². The van der Waals surface area contributed by atoms with Gasteiger partial charge in [0.05, 0.1) is 16.1 Å². The van der Waals surface area contributed by atoms with Crippen LogP contribution in [0, 0.1) is 0 Å². The monoisotopic (exact) mass is 451 g/mol. The van der Waals surface area contributed by atoms with Crippen molar-refractivity contribution >= 4 is 28.2 Å². The van der Waals surface area contributed by atoms with Gasteiger partial charge < -0.3 is 14.6 Å². The third-order valence-electron chi connectivity index (χ3n) is 7.22. The van der Waals surface area contributed by atoms with E-state index in [4.69, 9.17) is 0 Å². The zero-order chi connectivity index (χ0) is 22.2. The van der Waals surface area contributed by atoms with Crippen molar-refractivity contribution in [1.82, 2.24) is 14.4 Å². The second-order valence-corrected chi connectivity index (χ2v) is 10.6. The molecule has 3 heterocycles. The molecule has 0 radical (unpaired) electrons. The van der Waals surface area contributed by atoms with Crippen LogP contribution in [0.2, 0.25) is 0 Å². The van der Waals surface area contributed by atoms with Crippen molar-refractivity contribution in [2.45, 2.75) is 51.1 Å². The van der Waals surface area contributed by atoms with Crippen LogP contribution in [0.4, 0.5) is 0 Å². The molecule has 0 amide bonds. The number of fused-ring (bicyclic) bond motifs is 5. The van der Waals surface area contributed by atoms with Gasteiger partial charge in [-0.3, -0.25) is 4.90 Å². The lowest BCUT2D eigenvalue weighted by molar-refractivity contribution is 0.0697. The maximum absolute atomic E-state index is 11.8. The number of likely N-dealkylation sites (N-methyl/N-ethyl adjacent to an activating group) is 1. The number of aromatic carboxylic acids is 1. The molecular weight excluding hydrogens is 418 g/mol. The minimum Gasteiger partial charge on any atom is -0.478 e. The van der Waals surface area contributed by atoms with Gasteiger partial charge in [-0.25, -0.2) is 4.79 Å². The van der Waals surface area contributed by atoms with Crippen LogP contribution in [0.15, 0.2) is 29.6 Å². The highest BCUT2D eigenvalue weighted by atomic mass is 32.1. The second-order valence-electron chi connectivity index (χ2n) is 9.64. The lowest BCUT2D eigenvalue weighted by Crippen LogP contribution is -2.34. The summed E-state index contributed by atoms with van der Waals surface area (Å²) in [7, 11) is 4.25. The Hall–Kier alpha value is -2.15. The molecule has 0 unspecified atom stereocenters. The van der Waals surface area contributed by atoms with Crippen LogP contribution in [0.5, 0.6) is 0 Å². The van der Waals surface area contributed by atoms with E-state index in [-0.39, 0.29) is 0 Å². The molecular formula is C26H33N3O2S. The fraction of sp³-hybridized carbons (Fsp3) is 0.500. The number of carboxylic acids is 1. The molecule has 1 aromatic carbocycles. The average molecular weight is 452 g/mol. The van der Waals surface area contributed by atoms with Gasteiger partial charge >= 0.3 is 5.97 Å². The van der Waals surface area contributed by atoms with Gasteiger partial charge in [0.2, 0.25) is 0 Å². The van der Waals surface area contributed by atoms with Crippen LogP contribution >= 0.6 is 11.3 Å². The molecule has 32 heavy (non-hydrogen) atoms. The second kappa shape index (κ2) is 9.00. The van der Waals surface area contributed by atoms with E-state index in [1.165, 1.54) is 59.2 Å². The first-order valence-electron chi connectivity index (χ1n) is 11.9. The Labute approximate surface area is 194 Å². The molecule has 170 valence electrons. The minimum absolute atomic E-state index is 0.380. The fourth-order valence-corrected chi connectivity index (χ4v) is 6.54. The molecule has 2 aromatic heterocycles. The van der Waals surface area contributed by atoms with Crippen LogP contribution in [-0.4, -0.2) is 59.2 Å². The highest BCUT2D eigenvalue weighted by molar-refractivity contribution is 7.13. The van der Waals surface area contributed by atoms with E-state index in [1.54, 1.807) is 6.07 Å². The van der Waals surface area contributed by atoms with Crippen molar-refractivity contribution < 1.29 is 9.90 Å². The summed E-state index contributed by atoms with van der Waals surface area (Å²) in [5.74, 6) is -0.283. The van der Waals surface area contributed by atoms with E-state index >= 15 is 0 Å². The largest absolute Gasteiger partial charge is 0.478 e. The standard InChI is InChI=1S/C26H33N3O2S/c1-27(2)11-12-28-13-14-29-22-16-19(26(30)31)8-9-21(22)23(18-6-4-3-5-7-18)24(29)25-20(17-28)10-15-32-25/h8-10,15-16,18H,3-7,11-14,17H2,1-2H3,(H,30,31). The van der Waals surface area contributed by atoms with Gasteiger partial charge in [0.1, 0.15) is 0 Å². The zero-order valence-electron chi connectivity index (χ0n) is 19.1. The number of rotatable bonds is 5. The first-order chi connectivity index (χ1) is 15.5. The normalized spacial score (nSPS) is 17.8. The SMILES string of the molecule is CN(C)CCN1CCn2c(c(C3CCCCC3)c3ccc(C(=O)O)cc32)-c2sccc2C1. The number of nitrogens with zero attached hydrogens (tertiary/aromatic N) is 3. The van der Waals surface area contributed by atoms with Crippen molar-refractivity contribution in [2.24, 2.45) is 0 Å². The van der Waals surface area contributed by atoms with Crippen LogP contribution in [0.25, 0.3) is 21.5 Å². The summed E-state index contributed by atoms with van der Waals surface area (Å²) in [5, 5.41) is 13.2. The number of thiophene rings is 1. The smallest absolute Gasteiger partial charge is 0.335 e. The summed E-state index contributed by atoms with van der Waals surface area (Å²) in [6, 6.07) is 8.08. The number of benzene rings is 1. The molecule has 0 saturated heterocycles. The molecule has 1 aliphatic carbocycles. The van der Waals surface area contributed by atoms with E-state index in [0.29, 0.717) is 11.5 Å². The van der Waals surface area contributed by atoms with E-state index in [2.05, 4.69) is 46.0 Å².